The van der Waals surface area contributed by atoms with Gasteiger partial charge in [-0.1, -0.05) is 11.6 Å². The highest BCUT2D eigenvalue weighted by molar-refractivity contribution is 6.31. The lowest BCUT2D eigenvalue weighted by molar-refractivity contribution is 0.121. The first-order chi connectivity index (χ1) is 5.65. The zero-order valence-electron chi connectivity index (χ0n) is 5.76. The Bertz CT molecular complexity index is 315. The molecule has 0 bridgehead atoms. The molecule has 0 spiro atoms. The maximum absolute atomic E-state index is 11.8. The van der Waals surface area contributed by atoms with Crippen LogP contribution in [-0.4, -0.2) is 16.2 Å². The Morgan fingerprint density at radius 2 is 2.42 bits per heavy atom. The maximum Gasteiger partial charge on any atom is 0.257 e. The molecule has 1 heterocycles. The summed E-state index contributed by atoms with van der Waals surface area (Å²) in [5, 5.41) is 11.8. The SMILES string of the molecule is N#Cc1c(Cl)[c]nn1CC(F)F. The van der Waals surface area contributed by atoms with Gasteiger partial charge in [-0.05, 0) is 0 Å². The van der Waals surface area contributed by atoms with Crippen LogP contribution in [0.15, 0.2) is 0 Å². The van der Waals surface area contributed by atoms with Crippen LogP contribution in [0.25, 0.3) is 0 Å². The number of alkyl halides is 2. The van der Waals surface area contributed by atoms with Crippen molar-refractivity contribution in [3.8, 4) is 6.07 Å². The van der Waals surface area contributed by atoms with Crippen molar-refractivity contribution >= 4 is 11.6 Å². The summed E-state index contributed by atoms with van der Waals surface area (Å²) in [5.74, 6) is 0. The monoisotopic (exact) mass is 190 g/mol. The number of hydrogen-bond acceptors (Lipinski definition) is 2. The van der Waals surface area contributed by atoms with E-state index in [2.05, 4.69) is 11.3 Å². The fourth-order valence-electron chi connectivity index (χ4n) is 0.690. The van der Waals surface area contributed by atoms with Crippen LogP contribution < -0.4 is 0 Å². The van der Waals surface area contributed by atoms with Gasteiger partial charge in [0, 0.05) is 0 Å². The first kappa shape index (κ1) is 8.94. The second kappa shape index (κ2) is 3.50. The van der Waals surface area contributed by atoms with Gasteiger partial charge in [0.2, 0.25) is 0 Å². The predicted molar refractivity (Wildman–Crippen MR) is 36.8 cm³/mol. The van der Waals surface area contributed by atoms with Gasteiger partial charge in [0.25, 0.3) is 6.43 Å². The van der Waals surface area contributed by atoms with E-state index in [1.54, 1.807) is 6.07 Å². The van der Waals surface area contributed by atoms with Crippen molar-refractivity contribution in [3.63, 3.8) is 0 Å². The lowest BCUT2D eigenvalue weighted by Gasteiger charge is -1.99. The molecule has 1 aromatic heterocycles. The molecule has 0 aliphatic heterocycles. The Morgan fingerprint density at radius 1 is 1.75 bits per heavy atom. The molecule has 0 unspecified atom stereocenters. The zero-order chi connectivity index (χ0) is 9.14. The van der Waals surface area contributed by atoms with Crippen LogP contribution in [0.4, 0.5) is 8.78 Å². The molecule has 0 saturated carbocycles. The Balaban J connectivity index is 2.94. The van der Waals surface area contributed by atoms with Gasteiger partial charge in [-0.2, -0.15) is 10.4 Å². The smallest absolute Gasteiger partial charge is 0.247 e. The molecule has 0 aliphatic rings. The van der Waals surface area contributed by atoms with E-state index in [0.29, 0.717) is 0 Å². The molecule has 0 N–H and O–H groups in total. The minimum atomic E-state index is -2.55. The Hall–Kier alpha value is -1.15. The third kappa shape index (κ3) is 1.71. The molecule has 1 rings (SSSR count). The molecule has 63 valence electrons. The van der Waals surface area contributed by atoms with Gasteiger partial charge >= 0.3 is 0 Å². The van der Waals surface area contributed by atoms with Crippen molar-refractivity contribution in [1.82, 2.24) is 9.78 Å². The second-order valence-corrected chi connectivity index (χ2v) is 2.34. The normalized spacial score (nSPS) is 10.2. The van der Waals surface area contributed by atoms with Gasteiger partial charge in [0.05, 0.1) is 0 Å². The maximum atomic E-state index is 11.8. The quantitative estimate of drug-likeness (QED) is 0.709. The second-order valence-electron chi connectivity index (χ2n) is 1.96. The van der Waals surface area contributed by atoms with Gasteiger partial charge in [0.15, 0.2) is 5.69 Å². The summed E-state index contributed by atoms with van der Waals surface area (Å²) < 4.78 is 24.5. The van der Waals surface area contributed by atoms with E-state index >= 15 is 0 Å². The van der Waals surface area contributed by atoms with Crippen LogP contribution in [0.2, 0.25) is 5.02 Å². The molecule has 12 heavy (non-hydrogen) atoms. The Morgan fingerprint density at radius 3 is 2.92 bits per heavy atom. The fraction of sp³-hybridized carbons (Fsp3) is 0.333. The number of rotatable bonds is 2. The minimum Gasteiger partial charge on any atom is -0.247 e. The van der Waals surface area contributed by atoms with Crippen molar-refractivity contribution in [2.45, 2.75) is 13.0 Å². The van der Waals surface area contributed by atoms with Gasteiger partial charge in [-0.3, -0.25) is 0 Å². The molecule has 0 fully saturated rings. The van der Waals surface area contributed by atoms with E-state index in [9.17, 15) is 8.78 Å². The lowest BCUT2D eigenvalue weighted by atomic mass is 10.4. The van der Waals surface area contributed by atoms with E-state index in [1.807, 2.05) is 0 Å². The lowest BCUT2D eigenvalue weighted by Crippen LogP contribution is -2.09. The predicted octanol–water partition coefficient (Wildman–Crippen LogP) is 1.47. The third-order valence-electron chi connectivity index (χ3n) is 1.15. The van der Waals surface area contributed by atoms with E-state index in [-0.39, 0.29) is 10.7 Å². The zero-order valence-corrected chi connectivity index (χ0v) is 6.52. The molecular formula is C6H3ClF2N3. The topological polar surface area (TPSA) is 41.6 Å². The number of halogens is 3. The largest absolute Gasteiger partial charge is 0.257 e. The fourth-order valence-corrected chi connectivity index (χ4v) is 0.868. The Kier molecular flexibility index (Phi) is 2.61. The average Bonchev–Trinajstić information content (AvgIpc) is 2.30. The van der Waals surface area contributed by atoms with E-state index < -0.39 is 13.0 Å². The average molecular weight is 191 g/mol. The van der Waals surface area contributed by atoms with Crippen molar-refractivity contribution < 1.29 is 8.78 Å². The molecular weight excluding hydrogens is 188 g/mol. The minimum absolute atomic E-state index is 0.0295. The molecule has 6 heteroatoms. The summed E-state index contributed by atoms with van der Waals surface area (Å²) in [7, 11) is 0. The van der Waals surface area contributed by atoms with Crippen molar-refractivity contribution in [2.24, 2.45) is 0 Å². The number of hydrogen-bond donors (Lipinski definition) is 0. The van der Waals surface area contributed by atoms with Crippen LogP contribution in [0.1, 0.15) is 5.69 Å². The van der Waals surface area contributed by atoms with Crippen LogP contribution in [-0.2, 0) is 6.54 Å². The van der Waals surface area contributed by atoms with Gasteiger partial charge in [0.1, 0.15) is 23.8 Å². The van der Waals surface area contributed by atoms with E-state index in [1.165, 1.54) is 0 Å². The van der Waals surface area contributed by atoms with Gasteiger partial charge in [-0.25, -0.2) is 13.5 Å². The summed E-state index contributed by atoms with van der Waals surface area (Å²) >= 11 is 5.42. The summed E-state index contributed by atoms with van der Waals surface area (Å²) in [4.78, 5) is 0. The molecule has 1 aromatic rings. The van der Waals surface area contributed by atoms with Crippen LogP contribution in [0, 0.1) is 17.5 Å². The van der Waals surface area contributed by atoms with E-state index in [4.69, 9.17) is 16.9 Å². The highest BCUT2D eigenvalue weighted by atomic mass is 35.5. The van der Waals surface area contributed by atoms with Crippen LogP contribution in [0.3, 0.4) is 0 Å². The molecule has 0 aliphatic carbocycles. The van der Waals surface area contributed by atoms with Crippen LogP contribution in [0.5, 0.6) is 0 Å². The highest BCUT2D eigenvalue weighted by Crippen LogP contribution is 2.13. The Labute approximate surface area is 72.2 Å². The van der Waals surface area contributed by atoms with Crippen LogP contribution >= 0.6 is 11.6 Å². The number of nitriles is 1. The molecule has 3 nitrogen and oxygen atoms in total. The molecule has 0 amide bonds. The van der Waals surface area contributed by atoms with Crippen molar-refractivity contribution in [3.05, 3.63) is 16.9 Å². The van der Waals surface area contributed by atoms with Crippen molar-refractivity contribution in [2.75, 3.05) is 0 Å². The van der Waals surface area contributed by atoms with Gasteiger partial charge in [-0.15, -0.1) is 0 Å². The standard InChI is InChI=1S/C6H3ClF2N3/c7-4-2-11-12(3-6(8)9)5(4)1-10/h6H,3H2. The molecule has 1 radical (unpaired) electrons. The summed E-state index contributed by atoms with van der Waals surface area (Å²) in [6, 6.07) is 1.65. The molecule has 0 atom stereocenters. The van der Waals surface area contributed by atoms with Crippen molar-refractivity contribution in [1.29, 1.82) is 5.26 Å². The van der Waals surface area contributed by atoms with Gasteiger partial charge < -0.3 is 0 Å². The first-order valence-electron chi connectivity index (χ1n) is 2.97. The first-order valence-corrected chi connectivity index (χ1v) is 3.35. The summed E-state index contributed by atoms with van der Waals surface area (Å²) in [5.41, 5.74) is -0.0861. The summed E-state index contributed by atoms with van der Waals surface area (Å²) in [6.07, 6.45) is -0.338. The summed E-state index contributed by atoms with van der Waals surface area (Å²) in [6.45, 7) is -0.633. The third-order valence-corrected chi connectivity index (χ3v) is 1.42. The number of aromatic nitrogens is 2. The highest BCUT2D eigenvalue weighted by Gasteiger charge is 2.12. The number of nitrogens with zero attached hydrogens (tertiary/aromatic N) is 3. The van der Waals surface area contributed by atoms with E-state index in [0.717, 1.165) is 4.68 Å². The molecule has 0 saturated heterocycles. The molecule has 0 aromatic carbocycles.